The van der Waals surface area contributed by atoms with E-state index in [4.69, 9.17) is 9.26 Å². The first-order valence-electron chi connectivity index (χ1n) is 7.84. The maximum Gasteiger partial charge on any atom is 0.244 e. The van der Waals surface area contributed by atoms with Crippen molar-refractivity contribution in [2.24, 2.45) is 0 Å². The first-order valence-corrected chi connectivity index (χ1v) is 7.84. The van der Waals surface area contributed by atoms with Crippen molar-refractivity contribution >= 4 is 0 Å². The first kappa shape index (κ1) is 16.1. The highest BCUT2D eigenvalue weighted by molar-refractivity contribution is 5.55. The Morgan fingerprint density at radius 3 is 2.83 bits per heavy atom. The van der Waals surface area contributed by atoms with Gasteiger partial charge in [0.05, 0.1) is 18.2 Å². The van der Waals surface area contributed by atoms with E-state index in [-0.39, 0.29) is 17.5 Å². The van der Waals surface area contributed by atoms with Crippen LogP contribution in [0.4, 0.5) is 4.39 Å². The summed E-state index contributed by atoms with van der Waals surface area (Å²) in [6.45, 7) is 10.3. The van der Waals surface area contributed by atoms with Crippen LogP contribution in [0.25, 0.3) is 11.4 Å². The van der Waals surface area contributed by atoms with E-state index in [1.54, 1.807) is 19.1 Å². The van der Waals surface area contributed by atoms with Gasteiger partial charge in [-0.25, -0.2) is 4.39 Å². The molecular formula is C17H22FN3O2. The number of hydrogen-bond acceptors (Lipinski definition) is 5. The van der Waals surface area contributed by atoms with Crippen LogP contribution >= 0.6 is 0 Å². The van der Waals surface area contributed by atoms with Crippen LogP contribution in [0.1, 0.15) is 38.3 Å². The van der Waals surface area contributed by atoms with Gasteiger partial charge in [0.15, 0.2) is 0 Å². The Kier molecular flexibility index (Phi) is 4.21. The van der Waals surface area contributed by atoms with Crippen LogP contribution in [0, 0.1) is 12.7 Å². The maximum atomic E-state index is 13.4. The Morgan fingerprint density at radius 2 is 2.13 bits per heavy atom. The van der Waals surface area contributed by atoms with Gasteiger partial charge in [0.1, 0.15) is 5.82 Å². The second kappa shape index (κ2) is 6.02. The molecule has 0 spiro atoms. The Hall–Kier alpha value is -1.79. The van der Waals surface area contributed by atoms with Crippen molar-refractivity contribution in [2.45, 2.75) is 39.3 Å². The molecule has 2 aromatic rings. The summed E-state index contributed by atoms with van der Waals surface area (Å²) in [4.78, 5) is 6.77. The molecule has 1 aliphatic heterocycles. The van der Waals surface area contributed by atoms with Crippen LogP contribution < -0.4 is 0 Å². The van der Waals surface area contributed by atoms with E-state index in [0.29, 0.717) is 23.9 Å². The lowest BCUT2D eigenvalue weighted by atomic mass is 10.1. The van der Waals surface area contributed by atoms with Gasteiger partial charge in [-0.3, -0.25) is 4.90 Å². The Bertz CT molecular complexity index is 699. The van der Waals surface area contributed by atoms with Crippen LogP contribution in [0.3, 0.4) is 0 Å². The fraction of sp³-hybridized carbons (Fsp3) is 0.529. The van der Waals surface area contributed by atoms with E-state index in [0.717, 1.165) is 18.7 Å². The molecule has 5 nitrogen and oxygen atoms in total. The van der Waals surface area contributed by atoms with Crippen molar-refractivity contribution in [3.63, 3.8) is 0 Å². The van der Waals surface area contributed by atoms with E-state index in [9.17, 15) is 4.39 Å². The predicted molar refractivity (Wildman–Crippen MR) is 84.4 cm³/mol. The smallest absolute Gasteiger partial charge is 0.244 e. The van der Waals surface area contributed by atoms with Gasteiger partial charge in [0.25, 0.3) is 0 Å². The van der Waals surface area contributed by atoms with Gasteiger partial charge in [-0.2, -0.15) is 4.98 Å². The molecule has 1 aromatic carbocycles. The summed E-state index contributed by atoms with van der Waals surface area (Å²) in [5, 5.41) is 4.04. The largest absolute Gasteiger partial charge is 0.373 e. The average Bonchev–Trinajstić information content (AvgIpc) is 2.98. The monoisotopic (exact) mass is 319 g/mol. The number of hydrogen-bond donors (Lipinski definition) is 0. The zero-order valence-electron chi connectivity index (χ0n) is 14.0. The third kappa shape index (κ3) is 3.43. The minimum Gasteiger partial charge on any atom is -0.373 e. The lowest BCUT2D eigenvalue weighted by Crippen LogP contribution is -2.49. The summed E-state index contributed by atoms with van der Waals surface area (Å²) in [7, 11) is 0. The van der Waals surface area contributed by atoms with Gasteiger partial charge in [-0.15, -0.1) is 0 Å². The summed E-state index contributed by atoms with van der Waals surface area (Å²) < 4.78 is 24.6. The summed E-state index contributed by atoms with van der Waals surface area (Å²) in [6, 6.07) is 4.83. The number of morpholine rings is 1. The number of halogens is 1. The molecule has 0 saturated carbocycles. The van der Waals surface area contributed by atoms with Crippen LogP contribution in [0.15, 0.2) is 22.7 Å². The summed E-state index contributed by atoms with van der Waals surface area (Å²) in [6.07, 6.45) is 0. The first-order chi connectivity index (χ1) is 10.9. The highest BCUT2D eigenvalue weighted by atomic mass is 19.1. The number of benzene rings is 1. The van der Waals surface area contributed by atoms with Crippen LogP contribution in [-0.2, 0) is 4.74 Å². The molecule has 1 aromatic heterocycles. The second-order valence-electron chi connectivity index (χ2n) is 6.67. The van der Waals surface area contributed by atoms with E-state index in [1.807, 2.05) is 0 Å². The summed E-state index contributed by atoms with van der Waals surface area (Å²) in [5.74, 6) is 0.823. The molecule has 0 bridgehead atoms. The molecule has 1 aliphatic rings. The fourth-order valence-corrected chi connectivity index (χ4v) is 2.85. The number of nitrogens with zero attached hydrogens (tertiary/aromatic N) is 3. The standard InChI is InChI=1S/C17H22FN3O2/c1-11-9-13(5-6-14(11)18)15-19-16(23-20-15)12(2)21-7-8-22-17(3,4)10-21/h5-6,9,12H,7-8,10H2,1-4H3. The molecule has 3 rings (SSSR count). The van der Waals surface area contributed by atoms with E-state index >= 15 is 0 Å². The van der Waals surface area contributed by atoms with Crippen molar-refractivity contribution in [2.75, 3.05) is 19.7 Å². The maximum absolute atomic E-state index is 13.4. The molecule has 124 valence electrons. The minimum atomic E-state index is -0.235. The highest BCUT2D eigenvalue weighted by Gasteiger charge is 2.32. The lowest BCUT2D eigenvalue weighted by Gasteiger charge is -2.40. The summed E-state index contributed by atoms with van der Waals surface area (Å²) >= 11 is 0. The lowest BCUT2D eigenvalue weighted by molar-refractivity contribution is -0.0983. The molecular weight excluding hydrogens is 297 g/mol. The third-order valence-electron chi connectivity index (χ3n) is 4.22. The molecule has 6 heteroatoms. The molecule has 1 atom stereocenters. The van der Waals surface area contributed by atoms with Crippen molar-refractivity contribution in [1.82, 2.24) is 15.0 Å². The Labute approximate surface area is 135 Å². The third-order valence-corrected chi connectivity index (χ3v) is 4.22. The second-order valence-corrected chi connectivity index (χ2v) is 6.67. The summed E-state index contributed by atoms with van der Waals surface area (Å²) in [5.41, 5.74) is 1.15. The van der Waals surface area contributed by atoms with E-state index in [2.05, 4.69) is 35.8 Å². The van der Waals surface area contributed by atoms with Crippen molar-refractivity contribution in [1.29, 1.82) is 0 Å². The van der Waals surface area contributed by atoms with Gasteiger partial charge in [-0.05, 0) is 51.5 Å². The predicted octanol–water partition coefficient (Wildman–Crippen LogP) is 3.36. The molecule has 0 amide bonds. The van der Waals surface area contributed by atoms with Gasteiger partial charge in [-0.1, -0.05) is 5.16 Å². The van der Waals surface area contributed by atoms with Crippen LogP contribution in [0.2, 0.25) is 0 Å². The Morgan fingerprint density at radius 1 is 1.35 bits per heavy atom. The SMILES string of the molecule is Cc1cc(-c2noc(C(C)N3CCOC(C)(C)C3)n2)ccc1F. The molecule has 23 heavy (non-hydrogen) atoms. The molecule has 1 fully saturated rings. The normalized spacial score (nSPS) is 19.7. The van der Waals surface area contributed by atoms with Gasteiger partial charge < -0.3 is 9.26 Å². The molecule has 2 heterocycles. The van der Waals surface area contributed by atoms with Gasteiger partial charge in [0.2, 0.25) is 11.7 Å². The zero-order chi connectivity index (χ0) is 16.6. The number of ether oxygens (including phenoxy) is 1. The van der Waals surface area contributed by atoms with E-state index in [1.165, 1.54) is 6.07 Å². The molecule has 0 aliphatic carbocycles. The highest BCUT2D eigenvalue weighted by Crippen LogP contribution is 2.27. The number of aromatic nitrogens is 2. The average molecular weight is 319 g/mol. The number of aryl methyl sites for hydroxylation is 1. The molecule has 0 radical (unpaired) electrons. The van der Waals surface area contributed by atoms with Crippen LogP contribution in [0.5, 0.6) is 0 Å². The quantitative estimate of drug-likeness (QED) is 0.868. The van der Waals surface area contributed by atoms with Crippen molar-refractivity contribution < 1.29 is 13.7 Å². The van der Waals surface area contributed by atoms with Crippen molar-refractivity contribution in [3.05, 3.63) is 35.5 Å². The molecule has 1 saturated heterocycles. The van der Waals surface area contributed by atoms with Gasteiger partial charge in [0, 0.05) is 18.7 Å². The number of rotatable bonds is 3. The van der Waals surface area contributed by atoms with Gasteiger partial charge >= 0.3 is 0 Å². The van der Waals surface area contributed by atoms with Crippen LogP contribution in [-0.4, -0.2) is 40.3 Å². The minimum absolute atomic E-state index is 0.0148. The zero-order valence-corrected chi connectivity index (χ0v) is 14.0. The topological polar surface area (TPSA) is 51.4 Å². The molecule has 0 N–H and O–H groups in total. The Balaban J connectivity index is 1.79. The van der Waals surface area contributed by atoms with E-state index < -0.39 is 0 Å². The fourth-order valence-electron chi connectivity index (χ4n) is 2.85. The van der Waals surface area contributed by atoms with Crippen molar-refractivity contribution in [3.8, 4) is 11.4 Å². The molecule has 1 unspecified atom stereocenters.